The summed E-state index contributed by atoms with van der Waals surface area (Å²) >= 11 is 1.27. The standard InChI is InChI=1S/C14H12N6O3S/c1-8(24-14-11-12(16-6-15-11)17-7-18-14)13(21)19-9-2-4-10(5-3-9)20(22)23/h2-8H,1H3,(H,19,21)(H,15,16,17,18)/t8-/m0/s1. The van der Waals surface area contributed by atoms with Gasteiger partial charge < -0.3 is 10.3 Å². The minimum atomic E-state index is -0.491. The van der Waals surface area contributed by atoms with Gasteiger partial charge in [0.05, 0.1) is 16.5 Å². The number of nitrogens with one attached hydrogen (secondary N) is 2. The zero-order valence-electron chi connectivity index (χ0n) is 12.5. The van der Waals surface area contributed by atoms with Gasteiger partial charge in [0.2, 0.25) is 5.91 Å². The molecule has 3 aromatic rings. The number of aromatic amines is 1. The summed E-state index contributed by atoms with van der Waals surface area (Å²) in [6.07, 6.45) is 2.91. The zero-order valence-corrected chi connectivity index (χ0v) is 13.3. The number of amides is 1. The summed E-state index contributed by atoms with van der Waals surface area (Å²) in [6.45, 7) is 1.75. The van der Waals surface area contributed by atoms with E-state index in [2.05, 4.69) is 25.3 Å². The highest BCUT2D eigenvalue weighted by Gasteiger charge is 2.18. The van der Waals surface area contributed by atoms with E-state index in [1.807, 2.05) is 0 Å². The van der Waals surface area contributed by atoms with Gasteiger partial charge in [-0.25, -0.2) is 15.0 Å². The van der Waals surface area contributed by atoms with Crippen LogP contribution in [0.4, 0.5) is 11.4 Å². The Balaban J connectivity index is 1.68. The van der Waals surface area contributed by atoms with E-state index < -0.39 is 10.2 Å². The van der Waals surface area contributed by atoms with Gasteiger partial charge in [-0.2, -0.15) is 0 Å². The number of anilines is 1. The van der Waals surface area contributed by atoms with Crippen LogP contribution in [0.2, 0.25) is 0 Å². The number of H-pyrrole nitrogens is 1. The van der Waals surface area contributed by atoms with E-state index in [9.17, 15) is 14.9 Å². The molecule has 9 nitrogen and oxygen atoms in total. The number of rotatable bonds is 5. The topological polar surface area (TPSA) is 127 Å². The Hall–Kier alpha value is -3.01. The van der Waals surface area contributed by atoms with Crippen LogP contribution in [-0.4, -0.2) is 36.0 Å². The van der Waals surface area contributed by atoms with Crippen LogP contribution in [-0.2, 0) is 4.79 Å². The largest absolute Gasteiger partial charge is 0.341 e. The third-order valence-electron chi connectivity index (χ3n) is 3.19. The maximum Gasteiger partial charge on any atom is 0.269 e. The van der Waals surface area contributed by atoms with Crippen LogP contribution >= 0.6 is 11.8 Å². The summed E-state index contributed by atoms with van der Waals surface area (Å²) in [7, 11) is 0. The maximum atomic E-state index is 12.3. The molecule has 1 aromatic carbocycles. The van der Waals surface area contributed by atoms with Crippen molar-refractivity contribution in [3.8, 4) is 0 Å². The predicted molar refractivity (Wildman–Crippen MR) is 88.7 cm³/mol. The fourth-order valence-electron chi connectivity index (χ4n) is 1.96. The smallest absolute Gasteiger partial charge is 0.269 e. The number of aromatic nitrogens is 4. The van der Waals surface area contributed by atoms with E-state index in [4.69, 9.17) is 0 Å². The number of thioether (sulfide) groups is 1. The Kier molecular flexibility index (Phi) is 4.38. The average molecular weight is 344 g/mol. The molecule has 0 saturated carbocycles. The van der Waals surface area contributed by atoms with Crippen LogP contribution in [0, 0.1) is 10.1 Å². The summed E-state index contributed by atoms with van der Waals surface area (Å²) in [5, 5.41) is 13.5. The molecule has 2 N–H and O–H groups in total. The monoisotopic (exact) mass is 344 g/mol. The first kappa shape index (κ1) is 15.9. The lowest BCUT2D eigenvalue weighted by atomic mass is 10.3. The molecule has 1 amide bonds. The summed E-state index contributed by atoms with van der Waals surface area (Å²) in [4.78, 5) is 37.6. The van der Waals surface area contributed by atoms with Gasteiger partial charge in [-0.05, 0) is 19.1 Å². The fourth-order valence-corrected chi connectivity index (χ4v) is 2.84. The van der Waals surface area contributed by atoms with Crippen molar-refractivity contribution >= 4 is 40.2 Å². The molecule has 24 heavy (non-hydrogen) atoms. The lowest BCUT2D eigenvalue weighted by Crippen LogP contribution is -2.22. The Labute approximate surface area is 140 Å². The summed E-state index contributed by atoms with van der Waals surface area (Å²) < 4.78 is 0. The lowest BCUT2D eigenvalue weighted by Gasteiger charge is -2.11. The number of nitro groups is 1. The molecule has 0 saturated heterocycles. The zero-order chi connectivity index (χ0) is 17.1. The number of carbonyl (C=O) groups excluding carboxylic acids is 1. The third-order valence-corrected chi connectivity index (χ3v) is 4.29. The Bertz CT molecular complexity index is 895. The van der Waals surface area contributed by atoms with Crippen molar-refractivity contribution in [3.63, 3.8) is 0 Å². The second kappa shape index (κ2) is 6.62. The molecular weight excluding hydrogens is 332 g/mol. The van der Waals surface area contributed by atoms with E-state index in [-0.39, 0.29) is 11.6 Å². The van der Waals surface area contributed by atoms with Crippen molar-refractivity contribution in [2.75, 3.05) is 5.32 Å². The first-order valence-electron chi connectivity index (χ1n) is 6.90. The first-order chi connectivity index (χ1) is 11.5. The van der Waals surface area contributed by atoms with Gasteiger partial charge in [-0.3, -0.25) is 14.9 Å². The maximum absolute atomic E-state index is 12.3. The number of benzene rings is 1. The predicted octanol–water partition coefficient (Wildman–Crippen LogP) is 2.38. The van der Waals surface area contributed by atoms with Gasteiger partial charge in [0.1, 0.15) is 16.9 Å². The fraction of sp³-hybridized carbons (Fsp3) is 0.143. The highest BCUT2D eigenvalue weighted by molar-refractivity contribution is 8.00. The number of fused-ring (bicyclic) bond motifs is 1. The van der Waals surface area contributed by atoms with Crippen molar-refractivity contribution in [2.45, 2.75) is 17.2 Å². The molecular formula is C14H12N6O3S. The molecule has 0 spiro atoms. The van der Waals surface area contributed by atoms with Gasteiger partial charge in [-0.15, -0.1) is 0 Å². The molecule has 122 valence electrons. The number of non-ortho nitro benzene ring substituents is 1. The number of nitrogens with zero attached hydrogens (tertiary/aromatic N) is 4. The second-order valence-corrected chi connectivity index (χ2v) is 6.16. The molecule has 2 heterocycles. The minimum Gasteiger partial charge on any atom is -0.341 e. The summed E-state index contributed by atoms with van der Waals surface area (Å²) in [5.74, 6) is -0.236. The van der Waals surface area contributed by atoms with Crippen molar-refractivity contribution < 1.29 is 9.72 Å². The van der Waals surface area contributed by atoms with Crippen LogP contribution in [0.25, 0.3) is 11.2 Å². The van der Waals surface area contributed by atoms with Crippen molar-refractivity contribution in [3.05, 3.63) is 47.0 Å². The van der Waals surface area contributed by atoms with Gasteiger partial charge in [0.15, 0.2) is 5.65 Å². The molecule has 0 aliphatic carbocycles. The highest BCUT2D eigenvalue weighted by atomic mass is 32.2. The lowest BCUT2D eigenvalue weighted by molar-refractivity contribution is -0.384. The molecule has 3 rings (SSSR count). The molecule has 1 atom stereocenters. The molecule has 0 aliphatic rings. The average Bonchev–Trinajstić information content (AvgIpc) is 3.05. The Morgan fingerprint density at radius 2 is 2.04 bits per heavy atom. The Morgan fingerprint density at radius 1 is 1.29 bits per heavy atom. The van der Waals surface area contributed by atoms with E-state index in [0.717, 1.165) is 0 Å². The molecule has 0 bridgehead atoms. The number of nitro benzene ring substituents is 1. The summed E-state index contributed by atoms with van der Waals surface area (Å²) in [5.41, 5.74) is 1.68. The molecule has 0 unspecified atom stereocenters. The quantitative estimate of drug-likeness (QED) is 0.315. The van der Waals surface area contributed by atoms with Crippen LogP contribution < -0.4 is 5.32 Å². The van der Waals surface area contributed by atoms with E-state index in [0.29, 0.717) is 21.9 Å². The SMILES string of the molecule is C[C@H](Sc1ncnc2nc[nH]c12)C(=O)Nc1ccc([N+](=O)[O-])cc1. The van der Waals surface area contributed by atoms with Crippen molar-refractivity contribution in [2.24, 2.45) is 0 Å². The van der Waals surface area contributed by atoms with E-state index >= 15 is 0 Å². The van der Waals surface area contributed by atoms with E-state index in [1.54, 1.807) is 6.92 Å². The number of hydrogen-bond acceptors (Lipinski definition) is 7. The highest BCUT2D eigenvalue weighted by Crippen LogP contribution is 2.27. The summed E-state index contributed by atoms with van der Waals surface area (Å²) in [6, 6.07) is 5.66. The van der Waals surface area contributed by atoms with Gasteiger partial charge >= 0.3 is 0 Å². The van der Waals surface area contributed by atoms with Gasteiger partial charge in [-0.1, -0.05) is 11.8 Å². The van der Waals surface area contributed by atoms with Crippen molar-refractivity contribution in [1.82, 2.24) is 19.9 Å². The normalized spacial score (nSPS) is 12.0. The Morgan fingerprint density at radius 3 is 2.75 bits per heavy atom. The van der Waals surface area contributed by atoms with E-state index in [1.165, 1.54) is 48.7 Å². The molecule has 2 aromatic heterocycles. The van der Waals surface area contributed by atoms with Crippen LogP contribution in [0.3, 0.4) is 0 Å². The minimum absolute atomic E-state index is 0.0296. The number of hydrogen-bond donors (Lipinski definition) is 2. The van der Waals surface area contributed by atoms with Crippen molar-refractivity contribution in [1.29, 1.82) is 0 Å². The third kappa shape index (κ3) is 3.33. The number of imidazole rings is 1. The molecule has 10 heteroatoms. The molecule has 0 fully saturated rings. The first-order valence-corrected chi connectivity index (χ1v) is 7.78. The van der Waals surface area contributed by atoms with Crippen LogP contribution in [0.5, 0.6) is 0 Å². The molecule has 0 radical (unpaired) electrons. The van der Waals surface area contributed by atoms with Gasteiger partial charge in [0.25, 0.3) is 5.69 Å². The second-order valence-electron chi connectivity index (χ2n) is 4.83. The van der Waals surface area contributed by atoms with Crippen LogP contribution in [0.1, 0.15) is 6.92 Å². The molecule has 0 aliphatic heterocycles. The number of carbonyl (C=O) groups is 1. The van der Waals surface area contributed by atoms with Crippen LogP contribution in [0.15, 0.2) is 41.9 Å². The van der Waals surface area contributed by atoms with Gasteiger partial charge in [0, 0.05) is 17.8 Å².